The molecule has 0 heterocycles. The summed E-state index contributed by atoms with van der Waals surface area (Å²) in [6.45, 7) is 4.17. The van der Waals surface area contributed by atoms with Crippen molar-refractivity contribution in [3.63, 3.8) is 0 Å². The lowest BCUT2D eigenvalue weighted by Crippen LogP contribution is -2.46. The molecule has 6 heteroatoms. The molecular formula is C9H19N3O3. The molecule has 0 aromatic carbocycles. The number of primary amides is 1. The van der Waals surface area contributed by atoms with Crippen molar-refractivity contribution < 1.29 is 14.7 Å². The maximum atomic E-state index is 11.1. The number of aliphatic hydroxyl groups excluding tert-OH is 1. The minimum Gasteiger partial charge on any atom is -0.394 e. The van der Waals surface area contributed by atoms with Gasteiger partial charge in [0.1, 0.15) is 0 Å². The fourth-order valence-corrected chi connectivity index (χ4v) is 0.893. The van der Waals surface area contributed by atoms with Crippen LogP contribution in [0.3, 0.4) is 0 Å². The average molecular weight is 217 g/mol. The Morgan fingerprint density at radius 3 is 2.40 bits per heavy atom. The zero-order valence-corrected chi connectivity index (χ0v) is 9.41. The average Bonchev–Trinajstić information content (AvgIpc) is 2.13. The van der Waals surface area contributed by atoms with E-state index in [4.69, 9.17) is 10.8 Å². The molecule has 0 aliphatic rings. The van der Waals surface area contributed by atoms with Gasteiger partial charge in [0.2, 0.25) is 5.91 Å². The van der Waals surface area contributed by atoms with Crippen molar-refractivity contribution in [1.82, 2.24) is 10.2 Å². The Morgan fingerprint density at radius 2 is 2.00 bits per heavy atom. The number of urea groups is 1. The van der Waals surface area contributed by atoms with Crippen LogP contribution in [0.2, 0.25) is 0 Å². The molecule has 0 bridgehead atoms. The minimum atomic E-state index is -0.843. The molecule has 0 aromatic rings. The van der Waals surface area contributed by atoms with Gasteiger partial charge in [-0.3, -0.25) is 15.0 Å². The molecule has 3 amide bonds. The second-order valence-electron chi connectivity index (χ2n) is 4.05. The first kappa shape index (κ1) is 13.9. The van der Waals surface area contributed by atoms with Gasteiger partial charge in [-0.1, -0.05) is 0 Å². The molecule has 0 unspecified atom stereocenters. The van der Waals surface area contributed by atoms with Crippen molar-refractivity contribution in [3.8, 4) is 0 Å². The fraction of sp³-hybridized carbons (Fsp3) is 0.778. The van der Waals surface area contributed by atoms with Crippen LogP contribution < -0.4 is 11.1 Å². The zero-order valence-electron chi connectivity index (χ0n) is 9.41. The van der Waals surface area contributed by atoms with Crippen LogP contribution in [0, 0.1) is 0 Å². The molecule has 4 N–H and O–H groups in total. The molecule has 0 aromatic heterocycles. The third-order valence-electron chi connectivity index (χ3n) is 2.36. The minimum absolute atomic E-state index is 0.000931. The Balaban J connectivity index is 3.95. The van der Waals surface area contributed by atoms with Crippen molar-refractivity contribution in [2.45, 2.75) is 25.8 Å². The van der Waals surface area contributed by atoms with Crippen LogP contribution in [0.15, 0.2) is 0 Å². The van der Waals surface area contributed by atoms with Gasteiger partial charge in [-0.15, -0.1) is 0 Å². The van der Waals surface area contributed by atoms with Gasteiger partial charge in [0, 0.05) is 18.5 Å². The number of nitrogens with two attached hydrogens (primary N) is 1. The van der Waals surface area contributed by atoms with Crippen LogP contribution in [0.25, 0.3) is 0 Å². The second-order valence-corrected chi connectivity index (χ2v) is 4.05. The number of nitrogens with zero attached hydrogens (tertiary/aromatic N) is 1. The lowest BCUT2D eigenvalue weighted by molar-refractivity contribution is -0.120. The first-order chi connectivity index (χ1) is 6.79. The van der Waals surface area contributed by atoms with Crippen molar-refractivity contribution in [3.05, 3.63) is 0 Å². The van der Waals surface area contributed by atoms with Crippen LogP contribution in [-0.4, -0.2) is 47.7 Å². The predicted molar refractivity (Wildman–Crippen MR) is 56.1 cm³/mol. The molecule has 0 spiro atoms. The molecule has 0 saturated heterocycles. The molecule has 0 radical (unpaired) electrons. The third-order valence-corrected chi connectivity index (χ3v) is 2.36. The second kappa shape index (κ2) is 5.67. The van der Waals surface area contributed by atoms with E-state index in [2.05, 4.69) is 0 Å². The van der Waals surface area contributed by atoms with Gasteiger partial charge >= 0.3 is 6.03 Å². The highest BCUT2D eigenvalue weighted by atomic mass is 16.3. The van der Waals surface area contributed by atoms with Gasteiger partial charge in [-0.2, -0.15) is 0 Å². The lowest BCUT2D eigenvalue weighted by Gasteiger charge is -2.33. The van der Waals surface area contributed by atoms with Crippen molar-refractivity contribution >= 4 is 11.9 Å². The maximum Gasteiger partial charge on any atom is 0.318 e. The Kier molecular flexibility index (Phi) is 5.24. The number of imide groups is 1. The molecule has 0 saturated carbocycles. The molecule has 0 aliphatic heterocycles. The summed E-state index contributed by atoms with van der Waals surface area (Å²) >= 11 is 0. The van der Waals surface area contributed by atoms with E-state index in [1.54, 1.807) is 7.05 Å². The number of hydrogen-bond acceptors (Lipinski definition) is 4. The normalized spacial score (nSPS) is 11.5. The van der Waals surface area contributed by atoms with Crippen molar-refractivity contribution in [2.24, 2.45) is 5.73 Å². The molecule has 15 heavy (non-hydrogen) atoms. The Bertz CT molecular complexity index is 241. The Hall–Kier alpha value is -1.14. The van der Waals surface area contributed by atoms with Gasteiger partial charge < -0.3 is 10.8 Å². The lowest BCUT2D eigenvalue weighted by atomic mass is 10.1. The monoisotopic (exact) mass is 217 g/mol. The first-order valence-corrected chi connectivity index (χ1v) is 4.71. The molecule has 0 atom stereocenters. The summed E-state index contributed by atoms with van der Waals surface area (Å²) in [5, 5.41) is 11.0. The number of nitrogens with one attached hydrogen (secondary N) is 1. The summed E-state index contributed by atoms with van der Waals surface area (Å²) < 4.78 is 0. The first-order valence-electron chi connectivity index (χ1n) is 4.71. The van der Waals surface area contributed by atoms with Crippen LogP contribution in [0.5, 0.6) is 0 Å². The summed E-state index contributed by atoms with van der Waals surface area (Å²) in [7, 11) is 1.80. The van der Waals surface area contributed by atoms with Gasteiger partial charge in [-0.05, 0) is 20.9 Å². The number of hydrogen-bond donors (Lipinski definition) is 3. The Labute approximate surface area is 89.4 Å². The Morgan fingerprint density at radius 1 is 1.47 bits per heavy atom. The number of rotatable bonds is 5. The van der Waals surface area contributed by atoms with E-state index in [9.17, 15) is 9.59 Å². The highest BCUT2D eigenvalue weighted by molar-refractivity contribution is 5.93. The number of likely N-dealkylation sites (N-methyl/N-ethyl adjacent to an activating group) is 1. The highest BCUT2D eigenvalue weighted by Crippen LogP contribution is 2.10. The van der Waals surface area contributed by atoms with Crippen LogP contribution in [0.1, 0.15) is 20.3 Å². The summed E-state index contributed by atoms with van der Waals surface area (Å²) in [5.74, 6) is -0.414. The third kappa shape index (κ3) is 5.34. The van der Waals surface area contributed by atoms with Gasteiger partial charge in [0.05, 0.1) is 6.61 Å². The van der Waals surface area contributed by atoms with E-state index >= 15 is 0 Å². The summed E-state index contributed by atoms with van der Waals surface area (Å²) in [6.07, 6.45) is 0.170. The number of carbonyl (C=O) groups excluding carboxylic acids is 2. The SMILES string of the molecule is CN(CCC(=O)NC(N)=O)C(C)(C)CO. The van der Waals surface area contributed by atoms with Gasteiger partial charge in [0.15, 0.2) is 0 Å². The predicted octanol–water partition coefficient (Wildman–Crippen LogP) is -0.726. The molecule has 0 aliphatic carbocycles. The number of carbonyl (C=O) groups is 2. The largest absolute Gasteiger partial charge is 0.394 e. The summed E-state index contributed by atoms with van der Waals surface area (Å²) in [5.41, 5.74) is 4.41. The number of amides is 3. The van der Waals surface area contributed by atoms with E-state index in [1.807, 2.05) is 24.1 Å². The summed E-state index contributed by atoms with van der Waals surface area (Å²) in [4.78, 5) is 23.3. The molecular weight excluding hydrogens is 198 g/mol. The molecule has 0 rings (SSSR count). The smallest absolute Gasteiger partial charge is 0.318 e. The summed E-state index contributed by atoms with van der Waals surface area (Å²) in [6, 6.07) is -0.843. The van der Waals surface area contributed by atoms with E-state index < -0.39 is 11.9 Å². The molecule has 6 nitrogen and oxygen atoms in total. The quantitative estimate of drug-likeness (QED) is 0.566. The van der Waals surface area contributed by atoms with Gasteiger partial charge in [0.25, 0.3) is 0 Å². The van der Waals surface area contributed by atoms with E-state index in [-0.39, 0.29) is 18.6 Å². The molecule has 88 valence electrons. The van der Waals surface area contributed by atoms with Crippen LogP contribution in [0.4, 0.5) is 4.79 Å². The van der Waals surface area contributed by atoms with E-state index in [0.717, 1.165) is 0 Å². The zero-order chi connectivity index (χ0) is 12.1. The number of aliphatic hydroxyl groups is 1. The maximum absolute atomic E-state index is 11.1. The van der Waals surface area contributed by atoms with Crippen molar-refractivity contribution in [2.75, 3.05) is 20.2 Å². The molecule has 0 fully saturated rings. The van der Waals surface area contributed by atoms with E-state index in [0.29, 0.717) is 6.54 Å². The fourth-order valence-electron chi connectivity index (χ4n) is 0.893. The highest BCUT2D eigenvalue weighted by Gasteiger charge is 2.22. The van der Waals surface area contributed by atoms with E-state index in [1.165, 1.54) is 0 Å². The van der Waals surface area contributed by atoms with Crippen LogP contribution in [-0.2, 0) is 4.79 Å². The van der Waals surface area contributed by atoms with Crippen LogP contribution >= 0.6 is 0 Å². The van der Waals surface area contributed by atoms with Crippen molar-refractivity contribution in [1.29, 1.82) is 0 Å². The topological polar surface area (TPSA) is 95.7 Å². The van der Waals surface area contributed by atoms with Gasteiger partial charge in [-0.25, -0.2) is 4.79 Å². The standard InChI is InChI=1S/C9H19N3O3/c1-9(2,6-13)12(3)5-4-7(14)11-8(10)15/h13H,4-6H2,1-3H3,(H3,10,11,14,15).